The van der Waals surface area contributed by atoms with Crippen molar-refractivity contribution in [2.24, 2.45) is 17.8 Å². The highest BCUT2D eigenvalue weighted by atomic mass is 16.6. The number of benzene rings is 3. The second-order valence-electron chi connectivity index (χ2n) is 11.0. The summed E-state index contributed by atoms with van der Waals surface area (Å²) in [4.78, 5) is 39.1. The standard InChI is InChI=1S/C33H30N2O6/c1-20-15-27-31(33(38)34(32(27)37)24-10-6-11-25(18-24)35(39)40)28-19-41-29(30(20)28)14-13-23(22-8-3-2-4-9-22)16-21-7-5-12-26(36)17-21/h2-12,16-18,27-29,31,36H,13-15,19H2,1H3/b23-16-/t27-,28+,29-,31-/m1/s1. The van der Waals surface area contributed by atoms with Gasteiger partial charge in [-0.15, -0.1) is 0 Å². The lowest BCUT2D eigenvalue weighted by molar-refractivity contribution is -0.384. The lowest BCUT2D eigenvalue weighted by atomic mass is 9.70. The fraction of sp³-hybridized carbons (Fsp3) is 0.273. The number of rotatable bonds is 7. The van der Waals surface area contributed by atoms with E-state index in [1.165, 1.54) is 18.2 Å². The van der Waals surface area contributed by atoms with Gasteiger partial charge in [0.1, 0.15) is 5.75 Å². The monoisotopic (exact) mass is 550 g/mol. The zero-order valence-electron chi connectivity index (χ0n) is 22.6. The number of hydrogen-bond donors (Lipinski definition) is 1. The number of aromatic hydroxyl groups is 1. The largest absolute Gasteiger partial charge is 0.508 e. The second-order valence-corrected chi connectivity index (χ2v) is 11.0. The molecule has 6 rings (SSSR count). The summed E-state index contributed by atoms with van der Waals surface area (Å²) in [6.07, 6.45) is 3.80. The van der Waals surface area contributed by atoms with Gasteiger partial charge in [-0.2, -0.15) is 0 Å². The van der Waals surface area contributed by atoms with Gasteiger partial charge in [-0.3, -0.25) is 19.7 Å². The minimum absolute atomic E-state index is 0.162. The van der Waals surface area contributed by atoms with Crippen LogP contribution in [-0.4, -0.2) is 34.6 Å². The maximum Gasteiger partial charge on any atom is 0.271 e. The molecule has 0 radical (unpaired) electrons. The van der Waals surface area contributed by atoms with Gasteiger partial charge in [-0.05, 0) is 66.7 Å². The smallest absolute Gasteiger partial charge is 0.271 e. The van der Waals surface area contributed by atoms with Crippen LogP contribution in [0.4, 0.5) is 11.4 Å². The highest BCUT2D eigenvalue weighted by Gasteiger charge is 2.57. The molecule has 0 bridgehead atoms. The summed E-state index contributed by atoms with van der Waals surface area (Å²) in [7, 11) is 0. The van der Waals surface area contributed by atoms with Crippen molar-refractivity contribution < 1.29 is 24.4 Å². The molecule has 8 heteroatoms. The number of phenols is 1. The molecular formula is C33H30N2O6. The number of carbonyl (C=O) groups excluding carboxylic acids is 2. The number of nitrogens with zero attached hydrogens (tertiary/aromatic N) is 2. The van der Waals surface area contributed by atoms with Gasteiger partial charge in [-0.1, -0.05) is 60.2 Å². The molecule has 41 heavy (non-hydrogen) atoms. The van der Waals surface area contributed by atoms with E-state index < -0.39 is 16.8 Å². The van der Waals surface area contributed by atoms with E-state index in [4.69, 9.17) is 4.74 Å². The van der Waals surface area contributed by atoms with E-state index in [-0.39, 0.29) is 41.0 Å². The topological polar surface area (TPSA) is 110 Å². The van der Waals surface area contributed by atoms with E-state index >= 15 is 0 Å². The molecular weight excluding hydrogens is 520 g/mol. The zero-order chi connectivity index (χ0) is 28.7. The van der Waals surface area contributed by atoms with Gasteiger partial charge in [0.2, 0.25) is 11.8 Å². The summed E-state index contributed by atoms with van der Waals surface area (Å²) in [5.41, 5.74) is 5.37. The van der Waals surface area contributed by atoms with Crippen LogP contribution in [-0.2, 0) is 14.3 Å². The summed E-state index contributed by atoms with van der Waals surface area (Å²) < 4.78 is 6.31. The highest BCUT2D eigenvalue weighted by Crippen LogP contribution is 2.50. The third-order valence-corrected chi connectivity index (χ3v) is 8.48. The lowest BCUT2D eigenvalue weighted by Gasteiger charge is -2.30. The van der Waals surface area contributed by atoms with E-state index in [0.29, 0.717) is 25.9 Å². The van der Waals surface area contributed by atoms with Crippen LogP contribution in [0, 0.1) is 27.9 Å². The van der Waals surface area contributed by atoms with E-state index in [2.05, 4.69) is 18.2 Å². The Morgan fingerprint density at radius 2 is 1.80 bits per heavy atom. The minimum atomic E-state index is -0.540. The number of nitro benzene ring substituents is 1. The number of anilines is 1. The first-order chi connectivity index (χ1) is 19.8. The van der Waals surface area contributed by atoms with Crippen molar-refractivity contribution >= 4 is 34.8 Å². The molecule has 208 valence electrons. The number of carbonyl (C=O) groups is 2. The molecule has 1 aliphatic carbocycles. The van der Waals surface area contributed by atoms with Crippen molar-refractivity contribution in [3.8, 4) is 5.75 Å². The molecule has 1 N–H and O–H groups in total. The molecule has 0 spiro atoms. The Balaban J connectivity index is 1.24. The van der Waals surface area contributed by atoms with Crippen LogP contribution in [0.1, 0.15) is 37.3 Å². The lowest BCUT2D eigenvalue weighted by Crippen LogP contribution is -2.34. The van der Waals surface area contributed by atoms with Crippen LogP contribution in [0.25, 0.3) is 11.6 Å². The molecule has 2 fully saturated rings. The molecule has 2 aliphatic heterocycles. The Hall–Kier alpha value is -4.56. The first-order valence-corrected chi connectivity index (χ1v) is 13.8. The van der Waals surface area contributed by atoms with Gasteiger partial charge >= 0.3 is 0 Å². The number of phenolic OH excluding ortho intramolecular Hbond substituents is 1. The Labute approximate surface area is 237 Å². The van der Waals surface area contributed by atoms with Crippen LogP contribution < -0.4 is 4.90 Å². The van der Waals surface area contributed by atoms with Crippen molar-refractivity contribution in [2.75, 3.05) is 11.5 Å². The number of hydrogen-bond acceptors (Lipinski definition) is 6. The molecule has 8 nitrogen and oxygen atoms in total. The number of imide groups is 1. The van der Waals surface area contributed by atoms with Gasteiger partial charge in [0.25, 0.3) is 5.69 Å². The maximum absolute atomic E-state index is 13.7. The SMILES string of the molecule is CC1=C2[C@@H](CC/C(=C/c3cccc(O)c3)c3ccccc3)OC[C@@H]2[C@@H]2C(=O)N(c3cccc([N+](=O)[O-])c3)C(=O)[C@@H]2C1. The number of non-ortho nitro benzene ring substituents is 1. The van der Waals surface area contributed by atoms with Gasteiger partial charge in [-0.25, -0.2) is 4.90 Å². The molecule has 0 aromatic heterocycles. The Morgan fingerprint density at radius 3 is 2.56 bits per heavy atom. The summed E-state index contributed by atoms with van der Waals surface area (Å²) in [5.74, 6) is -1.64. The summed E-state index contributed by atoms with van der Waals surface area (Å²) in [6, 6.07) is 22.9. The molecule has 2 amide bonds. The first-order valence-electron chi connectivity index (χ1n) is 13.8. The van der Waals surface area contributed by atoms with Gasteiger partial charge in [0.05, 0.1) is 35.2 Å². The third kappa shape index (κ3) is 4.95. The van der Waals surface area contributed by atoms with Crippen LogP contribution in [0.5, 0.6) is 5.75 Å². The van der Waals surface area contributed by atoms with Crippen LogP contribution in [0.15, 0.2) is 90.0 Å². The number of nitro groups is 1. The summed E-state index contributed by atoms with van der Waals surface area (Å²) >= 11 is 0. The quantitative estimate of drug-likeness (QED) is 0.124. The summed E-state index contributed by atoms with van der Waals surface area (Å²) in [6.45, 7) is 2.38. The van der Waals surface area contributed by atoms with Gasteiger partial charge in [0, 0.05) is 18.1 Å². The van der Waals surface area contributed by atoms with Crippen molar-refractivity contribution in [3.63, 3.8) is 0 Å². The van der Waals surface area contributed by atoms with E-state index in [9.17, 15) is 24.8 Å². The summed E-state index contributed by atoms with van der Waals surface area (Å²) in [5, 5.41) is 21.3. The molecule has 3 aromatic rings. The van der Waals surface area contributed by atoms with Crippen molar-refractivity contribution in [1.29, 1.82) is 0 Å². The average molecular weight is 551 g/mol. The average Bonchev–Trinajstić information content (AvgIpc) is 3.50. The normalized spacial score (nSPS) is 24.0. The van der Waals surface area contributed by atoms with Crippen LogP contribution >= 0.6 is 0 Å². The molecule has 3 aliphatic rings. The Morgan fingerprint density at radius 1 is 1.02 bits per heavy atom. The minimum Gasteiger partial charge on any atom is -0.508 e. The molecule has 0 saturated carbocycles. The molecule has 3 aromatic carbocycles. The van der Waals surface area contributed by atoms with E-state index in [0.717, 1.165) is 32.7 Å². The van der Waals surface area contributed by atoms with Crippen molar-refractivity contribution in [1.82, 2.24) is 0 Å². The van der Waals surface area contributed by atoms with Crippen molar-refractivity contribution in [2.45, 2.75) is 32.3 Å². The van der Waals surface area contributed by atoms with Gasteiger partial charge in [0.15, 0.2) is 0 Å². The van der Waals surface area contributed by atoms with Crippen LogP contribution in [0.2, 0.25) is 0 Å². The number of allylic oxidation sites excluding steroid dienone is 2. The second kappa shape index (κ2) is 10.8. The molecule has 0 unspecified atom stereocenters. The van der Waals surface area contributed by atoms with Crippen molar-refractivity contribution in [3.05, 3.63) is 111 Å². The van der Waals surface area contributed by atoms with E-state index in [1.54, 1.807) is 18.2 Å². The predicted octanol–water partition coefficient (Wildman–Crippen LogP) is 6.16. The molecule has 4 atom stereocenters. The Bertz CT molecular complexity index is 1590. The number of amides is 2. The number of fused-ring (bicyclic) bond motifs is 3. The third-order valence-electron chi connectivity index (χ3n) is 8.48. The first kappa shape index (κ1) is 26.7. The fourth-order valence-electron chi connectivity index (χ4n) is 6.68. The van der Waals surface area contributed by atoms with E-state index in [1.807, 2.05) is 37.3 Å². The number of ether oxygens (including phenoxy) is 1. The molecule has 2 saturated heterocycles. The van der Waals surface area contributed by atoms with Crippen LogP contribution in [0.3, 0.4) is 0 Å². The zero-order valence-corrected chi connectivity index (χ0v) is 22.6. The maximum atomic E-state index is 13.7. The highest BCUT2D eigenvalue weighted by molar-refractivity contribution is 6.22. The predicted molar refractivity (Wildman–Crippen MR) is 155 cm³/mol. The van der Waals surface area contributed by atoms with Gasteiger partial charge < -0.3 is 9.84 Å². The fourth-order valence-corrected chi connectivity index (χ4v) is 6.68. The Kier molecular flexibility index (Phi) is 7.01. The molecule has 2 heterocycles.